The van der Waals surface area contributed by atoms with E-state index in [0.29, 0.717) is 0 Å². The van der Waals surface area contributed by atoms with Crippen LogP contribution in [0.25, 0.3) is 11.3 Å². The van der Waals surface area contributed by atoms with Gasteiger partial charge in [-0.2, -0.15) is 5.10 Å². The summed E-state index contributed by atoms with van der Waals surface area (Å²) < 4.78 is 6.95. The van der Waals surface area contributed by atoms with Crippen LogP contribution in [-0.4, -0.2) is 28.0 Å². The highest BCUT2D eigenvalue weighted by Crippen LogP contribution is 2.52. The molecule has 0 saturated carbocycles. The van der Waals surface area contributed by atoms with E-state index in [4.69, 9.17) is 4.74 Å². The van der Waals surface area contributed by atoms with Crippen molar-refractivity contribution >= 4 is 17.7 Å². The molecule has 21 heavy (non-hydrogen) atoms. The quantitative estimate of drug-likeness (QED) is 0.942. The van der Waals surface area contributed by atoms with Gasteiger partial charge in [-0.05, 0) is 24.6 Å². The maximum Gasteiger partial charge on any atom is 0.356 e. The Kier molecular flexibility index (Phi) is 3.41. The lowest BCUT2D eigenvalue weighted by molar-refractivity contribution is 0.0688. The van der Waals surface area contributed by atoms with E-state index in [1.165, 1.54) is 0 Å². The number of aromatic carboxylic acids is 1. The summed E-state index contributed by atoms with van der Waals surface area (Å²) in [5, 5.41) is 13.7. The van der Waals surface area contributed by atoms with Gasteiger partial charge in [-0.3, -0.25) is 4.68 Å². The number of hydrogen-bond donors (Lipinski definition) is 1. The lowest BCUT2D eigenvalue weighted by Crippen LogP contribution is -2.08. The SMILES string of the molecule is CCC1Sc2cc(OC)ccc2-c2c1c(C(=O)O)nn2C. The van der Waals surface area contributed by atoms with Crippen LogP contribution in [0.1, 0.15) is 34.6 Å². The first-order chi connectivity index (χ1) is 10.1. The molecule has 0 aliphatic carbocycles. The van der Waals surface area contributed by atoms with Crippen LogP contribution in [0.2, 0.25) is 0 Å². The highest BCUT2D eigenvalue weighted by Gasteiger charge is 2.33. The number of aromatic nitrogens is 2. The fourth-order valence-electron chi connectivity index (χ4n) is 2.75. The van der Waals surface area contributed by atoms with Crippen LogP contribution in [0.4, 0.5) is 0 Å². The number of fused-ring (bicyclic) bond motifs is 3. The summed E-state index contributed by atoms with van der Waals surface area (Å²) in [5.74, 6) is -0.164. The molecule has 3 rings (SSSR count). The van der Waals surface area contributed by atoms with Gasteiger partial charge in [0.05, 0.1) is 12.8 Å². The highest BCUT2D eigenvalue weighted by atomic mass is 32.2. The normalized spacial score (nSPS) is 16.2. The molecule has 6 heteroatoms. The van der Waals surface area contributed by atoms with Gasteiger partial charge in [0, 0.05) is 28.3 Å². The molecule has 2 heterocycles. The molecule has 1 atom stereocenters. The molecule has 1 aliphatic rings. The van der Waals surface area contributed by atoms with E-state index in [9.17, 15) is 9.90 Å². The lowest BCUT2D eigenvalue weighted by Gasteiger charge is -2.24. The highest BCUT2D eigenvalue weighted by molar-refractivity contribution is 7.99. The zero-order valence-electron chi connectivity index (χ0n) is 12.1. The number of carboxylic acid groups (broad SMARTS) is 1. The number of methoxy groups -OCH3 is 1. The number of aryl methyl sites for hydroxylation is 1. The van der Waals surface area contributed by atoms with Gasteiger partial charge in [-0.15, -0.1) is 11.8 Å². The Labute approximate surface area is 126 Å². The molecule has 1 aromatic carbocycles. The molecule has 0 spiro atoms. The maximum absolute atomic E-state index is 11.5. The van der Waals surface area contributed by atoms with Crippen molar-refractivity contribution in [1.82, 2.24) is 9.78 Å². The van der Waals surface area contributed by atoms with Crippen molar-refractivity contribution < 1.29 is 14.6 Å². The van der Waals surface area contributed by atoms with E-state index in [-0.39, 0.29) is 10.9 Å². The van der Waals surface area contributed by atoms with Gasteiger partial charge in [0.2, 0.25) is 0 Å². The Bertz CT molecular complexity index is 724. The minimum Gasteiger partial charge on any atom is -0.497 e. The molecule has 1 aliphatic heterocycles. The van der Waals surface area contributed by atoms with Gasteiger partial charge in [0.25, 0.3) is 0 Å². The molecule has 0 amide bonds. The van der Waals surface area contributed by atoms with Crippen molar-refractivity contribution in [2.24, 2.45) is 7.05 Å². The Hall–Kier alpha value is -1.95. The largest absolute Gasteiger partial charge is 0.497 e. The minimum absolute atomic E-state index is 0.0967. The van der Waals surface area contributed by atoms with E-state index in [0.717, 1.165) is 33.9 Å². The van der Waals surface area contributed by atoms with Crippen molar-refractivity contribution in [2.75, 3.05) is 7.11 Å². The topological polar surface area (TPSA) is 64.3 Å². The van der Waals surface area contributed by atoms with Crippen molar-refractivity contribution in [2.45, 2.75) is 23.5 Å². The molecule has 0 radical (unpaired) electrons. The summed E-state index contributed by atoms with van der Waals surface area (Å²) in [6, 6.07) is 5.86. The summed E-state index contributed by atoms with van der Waals surface area (Å²) in [5.41, 5.74) is 2.90. The second kappa shape index (κ2) is 5.11. The number of thioether (sulfide) groups is 1. The zero-order valence-corrected chi connectivity index (χ0v) is 12.9. The molecule has 1 unspecified atom stereocenters. The Morgan fingerprint density at radius 3 is 2.90 bits per heavy atom. The van der Waals surface area contributed by atoms with E-state index >= 15 is 0 Å². The Morgan fingerprint density at radius 1 is 1.52 bits per heavy atom. The smallest absolute Gasteiger partial charge is 0.356 e. The van der Waals surface area contributed by atoms with E-state index in [1.54, 1.807) is 30.6 Å². The molecule has 0 fully saturated rings. The molecule has 1 aromatic heterocycles. The van der Waals surface area contributed by atoms with Gasteiger partial charge in [0.15, 0.2) is 5.69 Å². The molecule has 0 bridgehead atoms. The first-order valence-electron chi connectivity index (χ1n) is 6.72. The molecule has 0 saturated heterocycles. The minimum atomic E-state index is -0.970. The van der Waals surface area contributed by atoms with Crippen molar-refractivity contribution in [3.63, 3.8) is 0 Å². The van der Waals surface area contributed by atoms with Gasteiger partial charge in [0.1, 0.15) is 5.75 Å². The first kappa shape index (κ1) is 14.0. The van der Waals surface area contributed by atoms with E-state index in [2.05, 4.69) is 12.0 Å². The second-order valence-electron chi connectivity index (χ2n) is 4.92. The molecular weight excluding hydrogens is 288 g/mol. The third-order valence-corrected chi connectivity index (χ3v) is 5.14. The van der Waals surface area contributed by atoms with Crippen LogP contribution in [0.3, 0.4) is 0 Å². The van der Waals surface area contributed by atoms with Crippen LogP contribution in [0.5, 0.6) is 5.75 Å². The zero-order chi connectivity index (χ0) is 15.1. The average Bonchev–Trinajstić information content (AvgIpc) is 2.84. The number of rotatable bonds is 3. The monoisotopic (exact) mass is 304 g/mol. The number of carboxylic acids is 1. The maximum atomic E-state index is 11.5. The van der Waals surface area contributed by atoms with Crippen molar-refractivity contribution in [3.05, 3.63) is 29.5 Å². The second-order valence-corrected chi connectivity index (χ2v) is 6.16. The van der Waals surface area contributed by atoms with Crippen molar-refractivity contribution in [1.29, 1.82) is 0 Å². The number of hydrogen-bond acceptors (Lipinski definition) is 4. The van der Waals surface area contributed by atoms with Gasteiger partial charge < -0.3 is 9.84 Å². The lowest BCUT2D eigenvalue weighted by atomic mass is 10.0. The summed E-state index contributed by atoms with van der Waals surface area (Å²) in [6.45, 7) is 2.06. The number of benzene rings is 1. The summed E-state index contributed by atoms with van der Waals surface area (Å²) in [7, 11) is 3.44. The third kappa shape index (κ3) is 2.10. The van der Waals surface area contributed by atoms with Crippen LogP contribution in [-0.2, 0) is 7.05 Å². The van der Waals surface area contributed by atoms with Gasteiger partial charge >= 0.3 is 5.97 Å². The van der Waals surface area contributed by atoms with Gasteiger partial charge in [-0.1, -0.05) is 6.92 Å². The van der Waals surface area contributed by atoms with Gasteiger partial charge in [-0.25, -0.2) is 4.79 Å². The average molecular weight is 304 g/mol. The fraction of sp³-hybridized carbons (Fsp3) is 0.333. The fourth-order valence-corrected chi connectivity index (χ4v) is 4.04. The first-order valence-corrected chi connectivity index (χ1v) is 7.60. The van der Waals surface area contributed by atoms with E-state index in [1.807, 2.05) is 18.2 Å². The summed E-state index contributed by atoms with van der Waals surface area (Å²) in [4.78, 5) is 12.6. The Morgan fingerprint density at radius 2 is 2.29 bits per heavy atom. The Balaban J connectivity index is 2.27. The molecule has 110 valence electrons. The number of ether oxygens (including phenoxy) is 1. The van der Waals surface area contributed by atoms with Crippen LogP contribution < -0.4 is 4.74 Å². The molecule has 1 N–H and O–H groups in total. The predicted octanol–water partition coefficient (Wildman–Crippen LogP) is 3.35. The van der Waals surface area contributed by atoms with Crippen LogP contribution in [0, 0.1) is 0 Å². The standard InChI is InChI=1S/C15H16N2O3S/c1-4-10-12-13(15(18)19)16-17(2)14(12)9-6-5-8(20-3)7-11(9)21-10/h5-7,10H,4H2,1-3H3,(H,18,19). The predicted molar refractivity (Wildman–Crippen MR) is 81.0 cm³/mol. The number of nitrogens with zero attached hydrogens (tertiary/aromatic N) is 2. The summed E-state index contributed by atoms with van der Waals surface area (Å²) >= 11 is 1.68. The number of carbonyl (C=O) groups is 1. The van der Waals surface area contributed by atoms with Crippen LogP contribution in [0.15, 0.2) is 23.1 Å². The summed E-state index contributed by atoms with van der Waals surface area (Å²) in [6.07, 6.45) is 0.848. The van der Waals surface area contributed by atoms with E-state index < -0.39 is 5.97 Å². The molecular formula is C15H16N2O3S. The van der Waals surface area contributed by atoms with Crippen LogP contribution >= 0.6 is 11.8 Å². The van der Waals surface area contributed by atoms with Crippen molar-refractivity contribution in [3.8, 4) is 17.0 Å². The molecule has 5 nitrogen and oxygen atoms in total. The third-order valence-electron chi connectivity index (χ3n) is 3.69. The molecule has 2 aromatic rings.